The summed E-state index contributed by atoms with van der Waals surface area (Å²) >= 11 is 0. The van der Waals surface area contributed by atoms with Crippen molar-refractivity contribution in [1.82, 2.24) is 0 Å². The molecule has 0 bridgehead atoms. The lowest BCUT2D eigenvalue weighted by molar-refractivity contribution is -0.352. The molecule has 2 heterocycles. The average Bonchev–Trinajstić information content (AvgIpc) is 2.24. The molecule has 2 saturated heterocycles. The molecule has 0 radical (unpaired) electrons. The van der Waals surface area contributed by atoms with Gasteiger partial charge in [-0.3, -0.25) is 0 Å². The minimum Gasteiger partial charge on any atom is -0.387 e. The highest BCUT2D eigenvalue weighted by Crippen LogP contribution is 2.28. The van der Waals surface area contributed by atoms with Crippen LogP contribution in [-0.2, 0) is 18.9 Å². The molecule has 6 nitrogen and oxygen atoms in total. The molecule has 0 aliphatic carbocycles. The van der Waals surface area contributed by atoms with Crippen LogP contribution in [0.3, 0.4) is 0 Å². The van der Waals surface area contributed by atoms with Crippen LogP contribution in [0.25, 0.3) is 0 Å². The third-order valence-corrected chi connectivity index (χ3v) is 2.72. The Hall–Kier alpha value is -0.240. The van der Waals surface area contributed by atoms with E-state index in [9.17, 15) is 10.2 Å². The van der Waals surface area contributed by atoms with Gasteiger partial charge in [-0.1, -0.05) is 0 Å². The molecular formula is C9H16O6. The van der Waals surface area contributed by atoms with Gasteiger partial charge in [0.2, 0.25) is 0 Å². The van der Waals surface area contributed by atoms with Crippen molar-refractivity contribution in [3.8, 4) is 0 Å². The first kappa shape index (κ1) is 11.3. The van der Waals surface area contributed by atoms with E-state index in [1.807, 2.05) is 0 Å². The predicted molar refractivity (Wildman–Crippen MR) is 48.0 cm³/mol. The smallest absolute Gasteiger partial charge is 0.186 e. The minimum absolute atomic E-state index is 0.329. The lowest BCUT2D eigenvalue weighted by atomic mass is 10.0. The monoisotopic (exact) mass is 221 g/mol. The molecule has 0 unspecified atom stereocenters. The van der Waals surface area contributed by atoms with Crippen molar-refractivity contribution in [2.24, 2.45) is 0 Å². The molecule has 0 aromatic carbocycles. The molecule has 15 heavy (non-hydrogen) atoms. The maximum absolute atomic E-state index is 9.80. The number of aliphatic hydroxyl groups is 2. The molecule has 0 saturated carbocycles. The van der Waals surface area contributed by atoms with E-state index in [1.54, 1.807) is 6.92 Å². The van der Waals surface area contributed by atoms with Crippen molar-refractivity contribution in [2.45, 2.75) is 43.9 Å². The predicted octanol–water partition coefficient (Wildman–Crippen LogP) is -1.16. The Kier molecular flexibility index (Phi) is 3.24. The molecule has 2 rings (SSSR count). The van der Waals surface area contributed by atoms with Crippen LogP contribution in [0, 0.1) is 0 Å². The Morgan fingerprint density at radius 3 is 2.60 bits per heavy atom. The van der Waals surface area contributed by atoms with Gasteiger partial charge in [0.05, 0.1) is 6.61 Å². The van der Waals surface area contributed by atoms with Crippen LogP contribution in [0.2, 0.25) is 0 Å². The normalized spacial score (nSPS) is 51.2. The molecule has 2 aliphatic rings. The quantitative estimate of drug-likeness (QED) is 0.544. The summed E-state index contributed by atoms with van der Waals surface area (Å²) in [5, 5.41) is 19.4. The lowest BCUT2D eigenvalue weighted by Crippen LogP contribution is -2.62. The number of ether oxygens (including phenoxy) is 4. The fraction of sp³-hybridized carbons (Fsp3) is 1.00. The van der Waals surface area contributed by atoms with Crippen LogP contribution in [0.4, 0.5) is 0 Å². The lowest BCUT2D eigenvalue weighted by Gasteiger charge is -2.45. The zero-order valence-electron chi connectivity index (χ0n) is 8.70. The van der Waals surface area contributed by atoms with Crippen molar-refractivity contribution >= 4 is 0 Å². The number of hydrogen-bond donors (Lipinski definition) is 2. The molecule has 0 aromatic heterocycles. The third-order valence-electron chi connectivity index (χ3n) is 2.72. The van der Waals surface area contributed by atoms with Gasteiger partial charge in [-0.25, -0.2) is 0 Å². The van der Waals surface area contributed by atoms with Crippen LogP contribution in [-0.4, -0.2) is 60.9 Å². The van der Waals surface area contributed by atoms with E-state index in [-0.39, 0.29) is 0 Å². The van der Waals surface area contributed by atoms with E-state index in [4.69, 9.17) is 18.9 Å². The Morgan fingerprint density at radius 2 is 1.93 bits per heavy atom. The van der Waals surface area contributed by atoms with Gasteiger partial charge >= 0.3 is 0 Å². The Bertz CT molecular complexity index is 221. The molecule has 0 spiro atoms. The Morgan fingerprint density at radius 1 is 1.20 bits per heavy atom. The van der Waals surface area contributed by atoms with E-state index in [1.165, 1.54) is 7.11 Å². The standard InChI is InChI=1S/C9H16O6/c1-4-13-3-5-8(14-4)6(10)7(11)9(12-2)15-5/h4-11H,3H2,1-2H3/t4-,5+,6+,7+,8-,9+/m0/s1/i9+1. The van der Waals surface area contributed by atoms with Crippen LogP contribution >= 0.6 is 0 Å². The van der Waals surface area contributed by atoms with Gasteiger partial charge in [0.15, 0.2) is 12.6 Å². The molecular weight excluding hydrogens is 205 g/mol. The van der Waals surface area contributed by atoms with Crippen molar-refractivity contribution in [3.63, 3.8) is 0 Å². The molecule has 2 aliphatic heterocycles. The van der Waals surface area contributed by atoms with Crippen molar-refractivity contribution < 1.29 is 29.2 Å². The summed E-state index contributed by atoms with van der Waals surface area (Å²) in [5.41, 5.74) is 0. The summed E-state index contributed by atoms with van der Waals surface area (Å²) in [6.07, 6.45) is -4.29. The largest absolute Gasteiger partial charge is 0.387 e. The summed E-state index contributed by atoms with van der Waals surface area (Å²) in [6.45, 7) is 2.06. The van der Waals surface area contributed by atoms with E-state index < -0.39 is 37.0 Å². The first-order valence-electron chi connectivity index (χ1n) is 4.95. The number of aliphatic hydroxyl groups excluding tert-OH is 2. The average molecular weight is 221 g/mol. The highest BCUT2D eigenvalue weighted by molar-refractivity contribution is 4.91. The van der Waals surface area contributed by atoms with Crippen LogP contribution in [0.15, 0.2) is 0 Å². The van der Waals surface area contributed by atoms with Crippen molar-refractivity contribution in [3.05, 3.63) is 0 Å². The van der Waals surface area contributed by atoms with Crippen LogP contribution < -0.4 is 0 Å². The molecule has 88 valence electrons. The van der Waals surface area contributed by atoms with Gasteiger partial charge in [0.25, 0.3) is 0 Å². The topological polar surface area (TPSA) is 77.4 Å². The molecule has 0 amide bonds. The maximum atomic E-state index is 9.80. The second-order valence-electron chi connectivity index (χ2n) is 3.76. The first-order chi connectivity index (χ1) is 7.13. The van der Waals surface area contributed by atoms with Gasteiger partial charge in [-0.05, 0) is 6.92 Å². The molecule has 6 atom stereocenters. The van der Waals surface area contributed by atoms with Crippen LogP contribution in [0.1, 0.15) is 6.92 Å². The van der Waals surface area contributed by atoms with Gasteiger partial charge in [0.1, 0.15) is 24.4 Å². The molecule has 2 N–H and O–H groups in total. The van der Waals surface area contributed by atoms with Gasteiger partial charge < -0.3 is 29.2 Å². The van der Waals surface area contributed by atoms with Crippen LogP contribution in [0.5, 0.6) is 0 Å². The summed E-state index contributed by atoms with van der Waals surface area (Å²) in [6, 6.07) is 0. The number of fused-ring (bicyclic) bond motifs is 1. The zero-order valence-corrected chi connectivity index (χ0v) is 8.70. The molecule has 2 fully saturated rings. The molecule has 0 aromatic rings. The number of rotatable bonds is 1. The van der Waals surface area contributed by atoms with E-state index in [0.717, 1.165) is 0 Å². The zero-order chi connectivity index (χ0) is 11.0. The fourth-order valence-electron chi connectivity index (χ4n) is 1.89. The molecule has 6 heteroatoms. The first-order valence-corrected chi connectivity index (χ1v) is 4.95. The Labute approximate surface area is 87.7 Å². The SMILES string of the molecule is CO[13C@@H]1O[C@@H]2CO[C@H](C)O[C@@H]2[C@H](O)[C@H]1O. The third kappa shape index (κ3) is 2.01. The number of methoxy groups -OCH3 is 1. The van der Waals surface area contributed by atoms with E-state index in [2.05, 4.69) is 0 Å². The highest BCUT2D eigenvalue weighted by Gasteiger charge is 2.48. The second-order valence-corrected chi connectivity index (χ2v) is 3.76. The Balaban J connectivity index is 2.07. The van der Waals surface area contributed by atoms with Gasteiger partial charge in [0, 0.05) is 7.11 Å². The van der Waals surface area contributed by atoms with E-state index >= 15 is 0 Å². The van der Waals surface area contributed by atoms with Gasteiger partial charge in [-0.15, -0.1) is 0 Å². The fourth-order valence-corrected chi connectivity index (χ4v) is 1.89. The van der Waals surface area contributed by atoms with Crippen molar-refractivity contribution in [2.75, 3.05) is 13.7 Å². The maximum Gasteiger partial charge on any atom is 0.186 e. The minimum atomic E-state index is -1.10. The summed E-state index contributed by atoms with van der Waals surface area (Å²) in [4.78, 5) is 0. The second kappa shape index (κ2) is 4.32. The summed E-state index contributed by atoms with van der Waals surface area (Å²) in [5.74, 6) is 0. The number of hydrogen-bond acceptors (Lipinski definition) is 6. The highest BCUT2D eigenvalue weighted by atomic mass is 16.8. The van der Waals surface area contributed by atoms with Gasteiger partial charge in [-0.2, -0.15) is 0 Å². The van der Waals surface area contributed by atoms with Crippen molar-refractivity contribution in [1.29, 1.82) is 0 Å². The van der Waals surface area contributed by atoms with E-state index in [0.29, 0.717) is 6.61 Å². The summed E-state index contributed by atoms with van der Waals surface area (Å²) < 4.78 is 20.9. The summed E-state index contributed by atoms with van der Waals surface area (Å²) in [7, 11) is 1.41.